The van der Waals surface area contributed by atoms with Gasteiger partial charge < -0.3 is 10.5 Å². The van der Waals surface area contributed by atoms with E-state index in [1.807, 2.05) is 0 Å². The number of alkyl halides is 3. The Bertz CT molecular complexity index is 445. The summed E-state index contributed by atoms with van der Waals surface area (Å²) in [4.78, 5) is 0. The first-order chi connectivity index (χ1) is 8.91. The summed E-state index contributed by atoms with van der Waals surface area (Å²) in [6, 6.07) is 3.41. The summed E-state index contributed by atoms with van der Waals surface area (Å²) in [6.45, 7) is 0. The first kappa shape index (κ1) is 17.1. The lowest BCUT2D eigenvalue weighted by Crippen LogP contribution is -2.20. The van der Waals surface area contributed by atoms with E-state index >= 15 is 0 Å². The molecule has 2 rings (SSSR count). The number of methoxy groups -OCH3 is 1. The molecule has 0 radical (unpaired) electrons. The third-order valence-electron chi connectivity index (χ3n) is 3.78. The van der Waals surface area contributed by atoms with Crippen LogP contribution in [0.25, 0.3) is 0 Å². The number of hydrogen-bond acceptors (Lipinski definition) is 2. The van der Waals surface area contributed by atoms with Gasteiger partial charge in [0.05, 0.1) is 12.7 Å². The lowest BCUT2D eigenvalue weighted by Gasteiger charge is -2.21. The van der Waals surface area contributed by atoms with Crippen molar-refractivity contribution in [1.82, 2.24) is 0 Å². The first-order valence-corrected chi connectivity index (χ1v) is 6.43. The van der Waals surface area contributed by atoms with Crippen molar-refractivity contribution in [2.24, 2.45) is 11.7 Å². The summed E-state index contributed by atoms with van der Waals surface area (Å²) in [5.41, 5.74) is 5.93. The number of halogens is 4. The van der Waals surface area contributed by atoms with Gasteiger partial charge in [-0.05, 0) is 42.5 Å². The van der Waals surface area contributed by atoms with Crippen molar-refractivity contribution < 1.29 is 17.9 Å². The van der Waals surface area contributed by atoms with Crippen LogP contribution in [0.1, 0.15) is 42.9 Å². The topological polar surface area (TPSA) is 35.2 Å². The van der Waals surface area contributed by atoms with Crippen LogP contribution in [0.15, 0.2) is 18.2 Å². The van der Waals surface area contributed by atoms with E-state index in [4.69, 9.17) is 10.5 Å². The maximum absolute atomic E-state index is 12.8. The number of benzene rings is 1. The fraction of sp³-hybridized carbons (Fsp3) is 0.571. The van der Waals surface area contributed by atoms with Crippen molar-refractivity contribution in [3.05, 3.63) is 29.3 Å². The second-order valence-corrected chi connectivity index (χ2v) is 5.06. The molecule has 0 saturated heterocycles. The fourth-order valence-electron chi connectivity index (χ4n) is 2.68. The molecule has 0 heterocycles. The largest absolute Gasteiger partial charge is 0.497 e. The molecule has 1 aliphatic carbocycles. The lowest BCUT2D eigenvalue weighted by molar-refractivity contribution is -0.137. The molecule has 1 aromatic rings. The summed E-state index contributed by atoms with van der Waals surface area (Å²) < 4.78 is 43.4. The van der Waals surface area contributed by atoms with E-state index in [9.17, 15) is 13.2 Å². The zero-order valence-electron chi connectivity index (χ0n) is 11.2. The second-order valence-electron chi connectivity index (χ2n) is 5.06. The molecule has 6 heteroatoms. The molecular formula is C14H19ClF3NO. The van der Waals surface area contributed by atoms with E-state index in [2.05, 4.69) is 0 Å². The maximum atomic E-state index is 12.8. The Balaban J connectivity index is 0.00000200. The molecule has 0 spiro atoms. The van der Waals surface area contributed by atoms with Crippen molar-refractivity contribution in [2.75, 3.05) is 7.11 Å². The predicted molar refractivity (Wildman–Crippen MR) is 74.1 cm³/mol. The second kappa shape index (κ2) is 6.68. The van der Waals surface area contributed by atoms with Gasteiger partial charge in [0, 0.05) is 6.04 Å². The van der Waals surface area contributed by atoms with E-state index in [1.165, 1.54) is 7.11 Å². The Morgan fingerprint density at radius 3 is 2.30 bits per heavy atom. The Hall–Kier alpha value is -0.940. The van der Waals surface area contributed by atoms with Crippen LogP contribution >= 0.6 is 12.4 Å². The highest BCUT2D eigenvalue weighted by Gasteiger charge is 2.33. The van der Waals surface area contributed by atoms with Crippen LogP contribution in [0.3, 0.4) is 0 Å². The van der Waals surface area contributed by atoms with E-state index in [0.717, 1.165) is 37.8 Å². The van der Waals surface area contributed by atoms with Crippen molar-refractivity contribution in [3.63, 3.8) is 0 Å². The van der Waals surface area contributed by atoms with E-state index < -0.39 is 11.7 Å². The highest BCUT2D eigenvalue weighted by Crippen LogP contribution is 2.38. The molecule has 114 valence electrons. The zero-order chi connectivity index (χ0) is 14.0. The molecule has 2 nitrogen and oxygen atoms in total. The number of rotatable bonds is 3. The van der Waals surface area contributed by atoms with E-state index in [0.29, 0.717) is 5.56 Å². The van der Waals surface area contributed by atoms with Crippen LogP contribution in [0, 0.1) is 5.92 Å². The summed E-state index contributed by atoms with van der Waals surface area (Å²) in [6.07, 6.45) is -0.193. The maximum Gasteiger partial charge on any atom is 0.416 e. The normalized spacial score (nSPS) is 17.6. The average Bonchev–Trinajstić information content (AvgIpc) is 2.90. The van der Waals surface area contributed by atoms with Crippen LogP contribution in [-0.4, -0.2) is 7.11 Å². The highest BCUT2D eigenvalue weighted by atomic mass is 35.5. The molecular weight excluding hydrogens is 291 g/mol. The Kier molecular flexibility index (Phi) is 5.71. The molecule has 1 aromatic carbocycles. The van der Waals surface area contributed by atoms with Gasteiger partial charge in [-0.1, -0.05) is 12.8 Å². The summed E-state index contributed by atoms with van der Waals surface area (Å²) >= 11 is 0. The molecule has 20 heavy (non-hydrogen) atoms. The standard InChI is InChI=1S/C14H18F3NO.ClH/c1-19-12-7-10(6-11(8-12)14(15,16)17)13(18)9-4-2-3-5-9;/h6-9,13H,2-5,18H2,1H3;1H/t13-;/m1./s1. The van der Waals surface area contributed by atoms with Gasteiger partial charge in [-0.3, -0.25) is 0 Å². The predicted octanol–water partition coefficient (Wildman–Crippen LogP) is 4.33. The molecule has 1 atom stereocenters. The molecule has 0 aliphatic heterocycles. The fourth-order valence-corrected chi connectivity index (χ4v) is 2.68. The van der Waals surface area contributed by atoms with E-state index in [1.54, 1.807) is 6.07 Å². The highest BCUT2D eigenvalue weighted by molar-refractivity contribution is 5.85. The third-order valence-corrected chi connectivity index (χ3v) is 3.78. The molecule has 2 N–H and O–H groups in total. The minimum Gasteiger partial charge on any atom is -0.497 e. The quantitative estimate of drug-likeness (QED) is 0.902. The van der Waals surface area contributed by atoms with Crippen LogP contribution in [-0.2, 0) is 6.18 Å². The van der Waals surface area contributed by atoms with Crippen molar-refractivity contribution >= 4 is 12.4 Å². The van der Waals surface area contributed by atoms with Crippen LogP contribution in [0.2, 0.25) is 0 Å². The molecule has 0 unspecified atom stereocenters. The van der Waals surface area contributed by atoms with Gasteiger partial charge in [-0.2, -0.15) is 13.2 Å². The number of hydrogen-bond donors (Lipinski definition) is 1. The average molecular weight is 310 g/mol. The van der Waals surface area contributed by atoms with Gasteiger partial charge in [0.25, 0.3) is 0 Å². The van der Waals surface area contributed by atoms with Gasteiger partial charge in [0.2, 0.25) is 0 Å². The van der Waals surface area contributed by atoms with Crippen molar-refractivity contribution in [1.29, 1.82) is 0 Å². The molecule has 0 bridgehead atoms. The minimum atomic E-state index is -4.38. The molecule has 0 amide bonds. The van der Waals surface area contributed by atoms with Gasteiger partial charge in [-0.25, -0.2) is 0 Å². The van der Waals surface area contributed by atoms with Gasteiger partial charge >= 0.3 is 6.18 Å². The lowest BCUT2D eigenvalue weighted by atomic mass is 9.91. The molecule has 0 aromatic heterocycles. The molecule has 1 fully saturated rings. The third kappa shape index (κ3) is 3.79. The van der Waals surface area contributed by atoms with Crippen molar-refractivity contribution in [2.45, 2.75) is 37.9 Å². The summed E-state index contributed by atoms with van der Waals surface area (Å²) in [5, 5.41) is 0. The van der Waals surface area contributed by atoms with Gasteiger partial charge in [-0.15, -0.1) is 12.4 Å². The van der Waals surface area contributed by atoms with Crippen LogP contribution in [0.4, 0.5) is 13.2 Å². The van der Waals surface area contributed by atoms with Gasteiger partial charge in [0.15, 0.2) is 0 Å². The zero-order valence-corrected chi connectivity index (χ0v) is 12.1. The Morgan fingerprint density at radius 2 is 1.80 bits per heavy atom. The molecule has 1 aliphatic rings. The molecule has 1 saturated carbocycles. The van der Waals surface area contributed by atoms with Crippen molar-refractivity contribution in [3.8, 4) is 5.75 Å². The van der Waals surface area contributed by atoms with Crippen LogP contribution in [0.5, 0.6) is 5.75 Å². The monoisotopic (exact) mass is 309 g/mol. The number of ether oxygens (including phenoxy) is 1. The summed E-state index contributed by atoms with van der Waals surface area (Å²) in [5.74, 6) is 0.478. The Labute approximate surface area is 122 Å². The number of nitrogens with two attached hydrogens (primary N) is 1. The first-order valence-electron chi connectivity index (χ1n) is 6.43. The Morgan fingerprint density at radius 1 is 1.20 bits per heavy atom. The van der Waals surface area contributed by atoms with E-state index in [-0.39, 0.29) is 30.1 Å². The SMILES string of the molecule is COc1cc([C@H](N)C2CCCC2)cc(C(F)(F)F)c1.Cl. The summed E-state index contributed by atoms with van der Waals surface area (Å²) in [7, 11) is 1.36. The minimum absolute atomic E-state index is 0. The van der Waals surface area contributed by atoms with Gasteiger partial charge in [0.1, 0.15) is 5.75 Å². The smallest absolute Gasteiger partial charge is 0.416 e. The van der Waals surface area contributed by atoms with Crippen LogP contribution < -0.4 is 10.5 Å².